The van der Waals surface area contributed by atoms with Gasteiger partial charge < -0.3 is 9.15 Å². The number of nitrogens with zero attached hydrogens (tertiary/aromatic N) is 1. The molecule has 2 aromatic rings. The Morgan fingerprint density at radius 2 is 1.96 bits per heavy atom. The first-order chi connectivity index (χ1) is 11.5. The van der Waals surface area contributed by atoms with Crippen molar-refractivity contribution in [2.45, 2.75) is 17.7 Å². The fraction of sp³-hybridized carbons (Fsp3) is 0.250. The molecule has 0 bridgehead atoms. The average molecular weight is 349 g/mol. The molecule has 0 N–H and O–H groups in total. The zero-order valence-corrected chi connectivity index (χ0v) is 13.5. The van der Waals surface area contributed by atoms with Crippen molar-refractivity contribution in [1.82, 2.24) is 4.31 Å². The summed E-state index contributed by atoms with van der Waals surface area (Å²) in [5, 5.41) is 0. The van der Waals surface area contributed by atoms with E-state index in [-0.39, 0.29) is 30.0 Å². The number of esters is 1. The lowest BCUT2D eigenvalue weighted by atomic mass is 10.2. The summed E-state index contributed by atoms with van der Waals surface area (Å²) in [4.78, 5) is 23.8. The van der Waals surface area contributed by atoms with Gasteiger partial charge in [0.25, 0.3) is 15.9 Å². The molecule has 0 saturated heterocycles. The minimum absolute atomic E-state index is 0.0147. The molecule has 0 spiro atoms. The van der Waals surface area contributed by atoms with Crippen LogP contribution in [0.2, 0.25) is 0 Å². The van der Waals surface area contributed by atoms with E-state index >= 15 is 0 Å². The molecule has 1 amide bonds. The molecule has 0 radical (unpaired) electrons. The highest BCUT2D eigenvalue weighted by Crippen LogP contribution is 2.29. The van der Waals surface area contributed by atoms with Gasteiger partial charge in [0.1, 0.15) is 17.3 Å². The number of fused-ring (bicyclic) bond motifs is 1. The van der Waals surface area contributed by atoms with Crippen LogP contribution in [0, 0.1) is 0 Å². The molecule has 0 unspecified atom stereocenters. The molecule has 0 fully saturated rings. The van der Waals surface area contributed by atoms with E-state index in [9.17, 15) is 18.0 Å². The number of carbonyl (C=O) groups excluding carboxylic acids is 2. The second-order valence-corrected chi connectivity index (χ2v) is 7.01. The summed E-state index contributed by atoms with van der Waals surface area (Å²) < 4.78 is 35.5. The van der Waals surface area contributed by atoms with Crippen molar-refractivity contribution >= 4 is 21.9 Å². The second kappa shape index (κ2) is 6.48. The van der Waals surface area contributed by atoms with Gasteiger partial charge in [0.2, 0.25) is 0 Å². The molecular weight excluding hydrogens is 334 g/mol. The van der Waals surface area contributed by atoms with E-state index in [1.54, 1.807) is 24.3 Å². The lowest BCUT2D eigenvalue weighted by Crippen LogP contribution is -2.33. The Kier molecular flexibility index (Phi) is 4.39. The van der Waals surface area contributed by atoms with Crippen molar-refractivity contribution in [3.8, 4) is 0 Å². The predicted octanol–water partition coefficient (Wildman–Crippen LogP) is 1.60. The van der Waals surface area contributed by atoms with Gasteiger partial charge in [0.05, 0.1) is 24.8 Å². The van der Waals surface area contributed by atoms with Gasteiger partial charge in [-0.05, 0) is 24.3 Å². The van der Waals surface area contributed by atoms with E-state index in [0.29, 0.717) is 12.2 Å². The maximum atomic E-state index is 12.3. The van der Waals surface area contributed by atoms with Gasteiger partial charge in [-0.15, -0.1) is 0 Å². The molecule has 2 heterocycles. The number of sulfonamides is 1. The maximum absolute atomic E-state index is 12.3. The van der Waals surface area contributed by atoms with Gasteiger partial charge >= 0.3 is 5.97 Å². The molecule has 3 rings (SSSR count). The number of carbonyl (C=O) groups is 2. The van der Waals surface area contributed by atoms with E-state index in [0.717, 1.165) is 4.31 Å². The van der Waals surface area contributed by atoms with Gasteiger partial charge in [-0.1, -0.05) is 12.1 Å². The molecule has 24 heavy (non-hydrogen) atoms. The monoisotopic (exact) mass is 349 g/mol. The summed E-state index contributed by atoms with van der Waals surface area (Å²) in [6, 6.07) is 9.48. The standard InChI is InChI=1S/C16H15NO6S/c18-15(8-7-12-4-3-10-22-12)23-11-9-17-16(19)13-5-1-2-6-14(13)24(17,20)21/h1-6,10H,7-9,11H2. The lowest BCUT2D eigenvalue weighted by Gasteiger charge is -2.14. The summed E-state index contributed by atoms with van der Waals surface area (Å²) in [6.45, 7) is -0.391. The largest absolute Gasteiger partial charge is 0.469 e. The molecule has 1 aliphatic rings. The smallest absolute Gasteiger partial charge is 0.306 e. The fourth-order valence-electron chi connectivity index (χ4n) is 2.45. The first-order valence-electron chi connectivity index (χ1n) is 7.34. The van der Waals surface area contributed by atoms with Crippen LogP contribution in [0.5, 0.6) is 0 Å². The first-order valence-corrected chi connectivity index (χ1v) is 8.78. The van der Waals surface area contributed by atoms with Crippen LogP contribution in [0.25, 0.3) is 0 Å². The number of furan rings is 1. The molecule has 0 atom stereocenters. The molecule has 1 aliphatic heterocycles. The Hall–Kier alpha value is -2.61. The van der Waals surface area contributed by atoms with E-state index in [1.165, 1.54) is 18.4 Å². The Morgan fingerprint density at radius 1 is 1.17 bits per heavy atom. The van der Waals surface area contributed by atoms with E-state index in [2.05, 4.69) is 0 Å². The summed E-state index contributed by atoms with van der Waals surface area (Å²) >= 11 is 0. The average Bonchev–Trinajstić information content (AvgIpc) is 3.15. The Balaban J connectivity index is 1.54. The van der Waals surface area contributed by atoms with Crippen molar-refractivity contribution in [1.29, 1.82) is 0 Å². The number of aryl methyl sites for hydroxylation is 1. The molecule has 126 valence electrons. The molecule has 7 nitrogen and oxygen atoms in total. The molecule has 0 saturated carbocycles. The Morgan fingerprint density at radius 3 is 2.67 bits per heavy atom. The minimum atomic E-state index is -3.86. The lowest BCUT2D eigenvalue weighted by molar-refractivity contribution is -0.143. The molecule has 1 aromatic carbocycles. The Bertz CT molecular complexity index is 856. The van der Waals surface area contributed by atoms with Crippen molar-refractivity contribution in [2.24, 2.45) is 0 Å². The van der Waals surface area contributed by atoms with Crippen molar-refractivity contribution in [2.75, 3.05) is 13.2 Å². The van der Waals surface area contributed by atoms with Crippen LogP contribution in [0.4, 0.5) is 0 Å². The number of hydrogen-bond acceptors (Lipinski definition) is 6. The van der Waals surface area contributed by atoms with Crippen LogP contribution >= 0.6 is 0 Å². The zero-order valence-electron chi connectivity index (χ0n) is 12.7. The Labute approximate surface area is 138 Å². The third-order valence-corrected chi connectivity index (χ3v) is 5.47. The van der Waals surface area contributed by atoms with Gasteiger partial charge in [0, 0.05) is 6.42 Å². The maximum Gasteiger partial charge on any atom is 0.306 e. The number of amides is 1. The van der Waals surface area contributed by atoms with Crippen molar-refractivity contribution < 1.29 is 27.2 Å². The summed E-state index contributed by atoms with van der Waals surface area (Å²) in [7, 11) is -3.86. The van der Waals surface area contributed by atoms with Crippen LogP contribution < -0.4 is 0 Å². The van der Waals surface area contributed by atoms with Crippen LogP contribution in [0.1, 0.15) is 22.5 Å². The summed E-state index contributed by atoms with van der Waals surface area (Å²) in [5.41, 5.74) is 0.140. The first kappa shape index (κ1) is 16.3. The van der Waals surface area contributed by atoms with Crippen LogP contribution in [0.15, 0.2) is 52.0 Å². The highest BCUT2D eigenvalue weighted by atomic mass is 32.2. The SMILES string of the molecule is O=C(CCc1ccco1)OCCN1C(=O)c2ccccc2S1(=O)=O. The second-order valence-electron chi connectivity index (χ2n) is 5.18. The van der Waals surface area contributed by atoms with E-state index in [4.69, 9.17) is 9.15 Å². The van der Waals surface area contributed by atoms with Crippen molar-refractivity contribution in [3.05, 3.63) is 54.0 Å². The number of ether oxygens (including phenoxy) is 1. The summed E-state index contributed by atoms with van der Waals surface area (Å²) in [6.07, 6.45) is 2.04. The summed E-state index contributed by atoms with van der Waals surface area (Å²) in [5.74, 6) is -0.412. The number of rotatable bonds is 6. The van der Waals surface area contributed by atoms with Crippen LogP contribution in [-0.2, 0) is 26.0 Å². The molecule has 0 aliphatic carbocycles. The third kappa shape index (κ3) is 3.05. The topological polar surface area (TPSA) is 93.9 Å². The van der Waals surface area contributed by atoms with Crippen molar-refractivity contribution in [3.63, 3.8) is 0 Å². The van der Waals surface area contributed by atoms with E-state index < -0.39 is 21.9 Å². The third-order valence-electron chi connectivity index (χ3n) is 3.63. The van der Waals surface area contributed by atoms with Gasteiger partial charge in [-0.25, -0.2) is 12.7 Å². The fourth-order valence-corrected chi connectivity index (χ4v) is 4.00. The molecule has 1 aromatic heterocycles. The zero-order chi connectivity index (χ0) is 17.2. The van der Waals surface area contributed by atoms with Crippen LogP contribution in [0.3, 0.4) is 0 Å². The predicted molar refractivity (Wildman–Crippen MR) is 82.7 cm³/mol. The molecular formula is C16H15NO6S. The normalized spacial score (nSPS) is 15.3. The van der Waals surface area contributed by atoms with Gasteiger partial charge in [-0.3, -0.25) is 9.59 Å². The van der Waals surface area contributed by atoms with E-state index in [1.807, 2.05) is 0 Å². The van der Waals surface area contributed by atoms with Gasteiger partial charge in [-0.2, -0.15) is 0 Å². The molecule has 8 heteroatoms. The van der Waals surface area contributed by atoms with Gasteiger partial charge in [0.15, 0.2) is 0 Å². The van der Waals surface area contributed by atoms with Crippen LogP contribution in [-0.4, -0.2) is 37.8 Å². The quantitative estimate of drug-likeness (QED) is 0.735. The highest BCUT2D eigenvalue weighted by Gasteiger charge is 2.40. The minimum Gasteiger partial charge on any atom is -0.469 e. The number of hydrogen-bond donors (Lipinski definition) is 0. The highest BCUT2D eigenvalue weighted by molar-refractivity contribution is 7.90. The number of benzene rings is 1.